The van der Waals surface area contributed by atoms with Crippen LogP contribution in [0, 0.1) is 5.92 Å². The highest BCUT2D eigenvalue weighted by molar-refractivity contribution is 6.21. The van der Waals surface area contributed by atoms with E-state index in [0.29, 0.717) is 23.7 Å². The number of esters is 2. The lowest BCUT2D eigenvalue weighted by atomic mass is 10.0. The van der Waals surface area contributed by atoms with Crippen LogP contribution < -0.4 is 4.74 Å². The zero-order valence-electron chi connectivity index (χ0n) is 22.3. The van der Waals surface area contributed by atoms with Crippen molar-refractivity contribution in [3.05, 3.63) is 54.1 Å². The third kappa shape index (κ3) is 11.2. The van der Waals surface area contributed by atoms with Gasteiger partial charge in [0.1, 0.15) is 12.4 Å². The van der Waals surface area contributed by atoms with Gasteiger partial charge in [0.2, 0.25) is 0 Å². The van der Waals surface area contributed by atoms with Crippen LogP contribution in [-0.2, 0) is 9.53 Å². The molecule has 0 saturated heterocycles. The molecule has 0 bridgehead atoms. The number of hydrogen-bond donors (Lipinski definition) is 0. The molecule has 0 aliphatic heterocycles. The van der Waals surface area contributed by atoms with Crippen LogP contribution in [0.3, 0.4) is 0 Å². The summed E-state index contributed by atoms with van der Waals surface area (Å²) in [5, 5.41) is -0.184. The molecule has 0 heterocycles. The van der Waals surface area contributed by atoms with Crippen LogP contribution in [0.25, 0.3) is 11.1 Å². The molecule has 36 heavy (non-hydrogen) atoms. The highest BCUT2D eigenvalue weighted by atomic mass is 35.5. The maximum absolute atomic E-state index is 12.3. The van der Waals surface area contributed by atoms with Crippen LogP contribution in [-0.4, -0.2) is 23.9 Å². The normalized spacial score (nSPS) is 12.7. The number of carbonyl (C=O) groups is 2. The van der Waals surface area contributed by atoms with Crippen molar-refractivity contribution in [2.45, 2.75) is 96.8 Å². The molecular formula is C31H43ClO4. The summed E-state index contributed by atoms with van der Waals surface area (Å²) in [5.74, 6) is 0.293. The molecule has 2 atom stereocenters. The largest absolute Gasteiger partial charge is 0.461 e. The lowest BCUT2D eigenvalue weighted by Crippen LogP contribution is -2.20. The Balaban J connectivity index is 1.72. The molecule has 0 amide bonds. The molecule has 0 radical (unpaired) electrons. The van der Waals surface area contributed by atoms with Gasteiger partial charge in [-0.25, -0.2) is 4.79 Å². The summed E-state index contributed by atoms with van der Waals surface area (Å²) in [5.41, 5.74) is 2.44. The van der Waals surface area contributed by atoms with Gasteiger partial charge in [-0.05, 0) is 47.7 Å². The lowest BCUT2D eigenvalue weighted by Gasteiger charge is -2.16. The zero-order valence-corrected chi connectivity index (χ0v) is 23.0. The number of rotatable bonds is 17. The van der Waals surface area contributed by atoms with Crippen molar-refractivity contribution in [1.82, 2.24) is 0 Å². The van der Waals surface area contributed by atoms with E-state index in [9.17, 15) is 9.59 Å². The summed E-state index contributed by atoms with van der Waals surface area (Å²) < 4.78 is 10.8. The van der Waals surface area contributed by atoms with E-state index in [2.05, 4.69) is 13.8 Å². The molecule has 0 aliphatic carbocycles. The Hall–Kier alpha value is -2.33. The van der Waals surface area contributed by atoms with Gasteiger partial charge >= 0.3 is 11.9 Å². The third-order valence-electron chi connectivity index (χ3n) is 6.66. The summed E-state index contributed by atoms with van der Waals surface area (Å²) in [6, 6.07) is 14.7. The quantitative estimate of drug-likeness (QED) is 0.0914. The Morgan fingerprint density at radius 1 is 0.778 bits per heavy atom. The Morgan fingerprint density at radius 2 is 1.31 bits per heavy atom. The molecule has 0 saturated carbocycles. The van der Waals surface area contributed by atoms with Crippen molar-refractivity contribution in [2.24, 2.45) is 5.92 Å². The lowest BCUT2D eigenvalue weighted by molar-refractivity contribution is -0.134. The molecule has 2 rings (SSSR count). The maximum atomic E-state index is 12.3. The first kappa shape index (κ1) is 29.9. The highest BCUT2D eigenvalue weighted by Gasteiger charge is 2.16. The molecule has 198 valence electrons. The molecule has 5 heteroatoms. The summed E-state index contributed by atoms with van der Waals surface area (Å²) in [6.45, 7) is 6.55. The van der Waals surface area contributed by atoms with Crippen LogP contribution in [0.1, 0.15) is 102 Å². The van der Waals surface area contributed by atoms with Gasteiger partial charge in [0.05, 0.1) is 10.9 Å². The first-order valence-electron chi connectivity index (χ1n) is 13.7. The first-order chi connectivity index (χ1) is 17.4. The van der Waals surface area contributed by atoms with Gasteiger partial charge in [-0.1, -0.05) is 103 Å². The number of unbranched alkanes of at least 4 members (excludes halogenated alkanes) is 8. The van der Waals surface area contributed by atoms with Crippen LogP contribution >= 0.6 is 11.6 Å². The Kier molecular flexibility index (Phi) is 14.3. The monoisotopic (exact) mass is 514 g/mol. The van der Waals surface area contributed by atoms with E-state index in [1.807, 2.05) is 31.2 Å². The highest BCUT2D eigenvalue weighted by Crippen LogP contribution is 2.24. The van der Waals surface area contributed by atoms with Crippen molar-refractivity contribution in [2.75, 3.05) is 6.61 Å². The second-order valence-corrected chi connectivity index (χ2v) is 10.2. The summed E-state index contributed by atoms with van der Waals surface area (Å²) >= 11 is 6.26. The molecule has 0 fully saturated rings. The molecule has 2 aromatic rings. The van der Waals surface area contributed by atoms with Crippen molar-refractivity contribution >= 4 is 23.5 Å². The minimum Gasteiger partial charge on any atom is -0.461 e. The smallest absolute Gasteiger partial charge is 0.338 e. The van der Waals surface area contributed by atoms with E-state index >= 15 is 0 Å². The van der Waals surface area contributed by atoms with Crippen LogP contribution in [0.2, 0.25) is 0 Å². The SMILES string of the molecule is CCCCCCCCCCCC(=O)Oc1ccc(-c2ccc(C(=O)OCC(Cl)C(C)CC)cc2)cc1. The van der Waals surface area contributed by atoms with Crippen molar-refractivity contribution in [1.29, 1.82) is 0 Å². The Labute approximate surface area is 222 Å². The number of halogens is 1. The number of hydrogen-bond acceptors (Lipinski definition) is 4. The van der Waals surface area contributed by atoms with Crippen LogP contribution in [0.5, 0.6) is 5.75 Å². The van der Waals surface area contributed by atoms with Gasteiger partial charge in [0, 0.05) is 6.42 Å². The number of benzene rings is 2. The van der Waals surface area contributed by atoms with E-state index < -0.39 is 0 Å². The van der Waals surface area contributed by atoms with E-state index in [-0.39, 0.29) is 23.9 Å². The standard InChI is InChI=1S/C31H43ClO4/c1-4-6-7-8-9-10-11-12-13-14-30(33)36-28-21-19-26(20-22-28)25-15-17-27(18-16-25)31(34)35-23-29(32)24(3)5-2/h15-22,24,29H,4-14,23H2,1-3H3. The number of alkyl halides is 1. The van der Waals surface area contributed by atoms with E-state index in [4.69, 9.17) is 21.1 Å². The van der Waals surface area contributed by atoms with Gasteiger partial charge in [-0.3, -0.25) is 4.79 Å². The molecule has 2 aromatic carbocycles. The molecule has 0 aliphatic rings. The summed E-state index contributed by atoms with van der Waals surface area (Å²) in [7, 11) is 0. The third-order valence-corrected chi connectivity index (χ3v) is 7.22. The van der Waals surface area contributed by atoms with E-state index in [1.165, 1.54) is 44.9 Å². The van der Waals surface area contributed by atoms with Gasteiger partial charge < -0.3 is 9.47 Å². The minimum atomic E-state index is -0.371. The number of carbonyl (C=O) groups excluding carboxylic acids is 2. The topological polar surface area (TPSA) is 52.6 Å². The first-order valence-corrected chi connectivity index (χ1v) is 14.1. The zero-order chi connectivity index (χ0) is 26.2. The molecule has 4 nitrogen and oxygen atoms in total. The predicted octanol–water partition coefficient (Wildman–Crippen LogP) is 8.99. The average Bonchev–Trinajstić information content (AvgIpc) is 2.90. The second-order valence-electron chi connectivity index (χ2n) is 9.65. The van der Waals surface area contributed by atoms with Crippen molar-refractivity contribution in [3.8, 4) is 16.9 Å². The predicted molar refractivity (Wildman–Crippen MR) is 149 cm³/mol. The molecule has 0 N–H and O–H groups in total. The Morgan fingerprint density at radius 3 is 1.86 bits per heavy atom. The van der Waals surface area contributed by atoms with E-state index in [0.717, 1.165) is 30.4 Å². The van der Waals surface area contributed by atoms with E-state index in [1.54, 1.807) is 24.3 Å². The van der Waals surface area contributed by atoms with Crippen LogP contribution in [0.4, 0.5) is 0 Å². The molecule has 0 aromatic heterocycles. The Bertz CT molecular complexity index is 892. The van der Waals surface area contributed by atoms with Crippen molar-refractivity contribution in [3.63, 3.8) is 0 Å². The fourth-order valence-corrected chi connectivity index (χ4v) is 4.18. The molecule has 2 unspecified atom stereocenters. The second kappa shape index (κ2) is 17.2. The van der Waals surface area contributed by atoms with Crippen molar-refractivity contribution < 1.29 is 19.1 Å². The van der Waals surface area contributed by atoms with Gasteiger partial charge in [-0.2, -0.15) is 0 Å². The average molecular weight is 515 g/mol. The number of ether oxygens (including phenoxy) is 2. The fraction of sp³-hybridized carbons (Fsp3) is 0.548. The van der Waals surface area contributed by atoms with Gasteiger partial charge in [-0.15, -0.1) is 11.6 Å². The van der Waals surface area contributed by atoms with Crippen LogP contribution in [0.15, 0.2) is 48.5 Å². The summed E-state index contributed by atoms with van der Waals surface area (Å²) in [6.07, 6.45) is 12.4. The maximum Gasteiger partial charge on any atom is 0.338 e. The minimum absolute atomic E-state index is 0.180. The molecular weight excluding hydrogens is 472 g/mol. The molecule has 0 spiro atoms. The summed E-state index contributed by atoms with van der Waals surface area (Å²) in [4.78, 5) is 24.5. The van der Waals surface area contributed by atoms with Gasteiger partial charge in [0.25, 0.3) is 0 Å². The fourth-order valence-electron chi connectivity index (χ4n) is 3.94. The van der Waals surface area contributed by atoms with Gasteiger partial charge in [0.15, 0.2) is 0 Å².